The summed E-state index contributed by atoms with van der Waals surface area (Å²) in [5.41, 5.74) is 0. The molecule has 0 saturated heterocycles. The molecule has 0 fully saturated rings. The molecule has 0 aliphatic carbocycles. The van der Waals surface area contributed by atoms with Gasteiger partial charge in [-0.1, -0.05) is 168 Å². The van der Waals surface area contributed by atoms with Gasteiger partial charge in [-0.3, -0.25) is 4.79 Å². The summed E-state index contributed by atoms with van der Waals surface area (Å²) in [5, 5.41) is 10.0. The topological polar surface area (TPSA) is 46.5 Å². The van der Waals surface area contributed by atoms with Crippen molar-refractivity contribution in [2.45, 2.75) is 213 Å². The van der Waals surface area contributed by atoms with E-state index in [1.165, 1.54) is 141 Å². The van der Waals surface area contributed by atoms with Crippen LogP contribution in [0.4, 0.5) is 0 Å². The van der Waals surface area contributed by atoms with Crippen molar-refractivity contribution in [3.63, 3.8) is 0 Å². The third-order valence-electron chi connectivity index (χ3n) is 8.63. The van der Waals surface area contributed by atoms with E-state index < -0.39 is 0 Å². The maximum Gasteiger partial charge on any atom is 0.305 e. The Morgan fingerprint density at radius 3 is 1.56 bits per heavy atom. The Labute approximate surface area is 258 Å². The smallest absolute Gasteiger partial charge is 0.305 e. The van der Waals surface area contributed by atoms with Crippen LogP contribution in [0.15, 0.2) is 12.2 Å². The molecular weight excluding hydrogens is 504 g/mol. The van der Waals surface area contributed by atoms with Crippen molar-refractivity contribution in [2.75, 3.05) is 6.61 Å². The highest BCUT2D eigenvalue weighted by molar-refractivity contribution is 5.69. The van der Waals surface area contributed by atoms with E-state index in [0.717, 1.165) is 38.5 Å². The normalized spacial score (nSPS) is 13.2. The molecule has 0 aromatic carbocycles. The molecule has 0 spiro atoms. The van der Waals surface area contributed by atoms with Gasteiger partial charge in [-0.25, -0.2) is 0 Å². The quantitative estimate of drug-likeness (QED) is 0.0478. The summed E-state index contributed by atoms with van der Waals surface area (Å²) in [4.78, 5) is 12.4. The van der Waals surface area contributed by atoms with E-state index in [-0.39, 0.29) is 12.1 Å². The van der Waals surface area contributed by atoms with Crippen LogP contribution in [0, 0.1) is 5.92 Å². The van der Waals surface area contributed by atoms with Gasteiger partial charge in [-0.15, -0.1) is 0 Å². The Morgan fingerprint density at radius 1 is 0.561 bits per heavy atom. The molecule has 244 valence electrons. The largest absolute Gasteiger partial charge is 0.465 e. The van der Waals surface area contributed by atoms with Crippen LogP contribution in [0.2, 0.25) is 0 Å². The van der Waals surface area contributed by atoms with Gasteiger partial charge in [0.05, 0.1) is 12.7 Å². The van der Waals surface area contributed by atoms with E-state index in [1.807, 2.05) is 0 Å². The maximum absolute atomic E-state index is 12.4. The first kappa shape index (κ1) is 40.2. The summed E-state index contributed by atoms with van der Waals surface area (Å²) in [6.45, 7) is 7.42. The molecule has 0 rings (SSSR count). The highest BCUT2D eigenvalue weighted by atomic mass is 16.5. The van der Waals surface area contributed by atoms with E-state index in [1.54, 1.807) is 0 Å². The van der Waals surface area contributed by atoms with Gasteiger partial charge in [0, 0.05) is 6.42 Å². The lowest BCUT2D eigenvalue weighted by Crippen LogP contribution is -2.14. The van der Waals surface area contributed by atoms with Crippen LogP contribution in [0.25, 0.3) is 0 Å². The highest BCUT2D eigenvalue weighted by Gasteiger charge is 2.12. The standard InChI is InChI=1S/C38H74O3/c1-4-7-10-13-15-18-22-26-31-36(30-25-21-14-11-8-5-2)35-41-38(40)34-29-24-20-17-16-19-23-28-33-37(39)32-27-12-9-6-3/h23,28,36-37,39H,4-22,24-27,29-35H2,1-3H3/b28-23+. The number of carbonyl (C=O) groups is 1. The van der Waals surface area contributed by atoms with Gasteiger partial charge in [0.15, 0.2) is 0 Å². The minimum Gasteiger partial charge on any atom is -0.465 e. The van der Waals surface area contributed by atoms with Crippen LogP contribution in [0.3, 0.4) is 0 Å². The number of rotatable bonds is 33. The summed E-state index contributed by atoms with van der Waals surface area (Å²) in [6.07, 6.45) is 39.6. The lowest BCUT2D eigenvalue weighted by Gasteiger charge is -2.17. The summed E-state index contributed by atoms with van der Waals surface area (Å²) in [7, 11) is 0. The summed E-state index contributed by atoms with van der Waals surface area (Å²) < 4.78 is 5.78. The molecule has 2 atom stereocenters. The average Bonchev–Trinajstić information content (AvgIpc) is 2.97. The molecule has 41 heavy (non-hydrogen) atoms. The molecule has 0 radical (unpaired) electrons. The molecule has 1 N–H and O–H groups in total. The van der Waals surface area contributed by atoms with Crippen molar-refractivity contribution in [1.82, 2.24) is 0 Å². The molecule has 0 heterocycles. The van der Waals surface area contributed by atoms with Crippen LogP contribution in [-0.2, 0) is 9.53 Å². The second-order valence-electron chi connectivity index (χ2n) is 12.9. The fraction of sp³-hybridized carbons (Fsp3) is 0.921. The van der Waals surface area contributed by atoms with Crippen LogP contribution < -0.4 is 0 Å². The van der Waals surface area contributed by atoms with Crippen molar-refractivity contribution in [3.05, 3.63) is 12.2 Å². The molecule has 2 unspecified atom stereocenters. The zero-order chi connectivity index (χ0) is 30.1. The number of aliphatic hydroxyl groups excluding tert-OH is 1. The van der Waals surface area contributed by atoms with Crippen LogP contribution in [0.5, 0.6) is 0 Å². The summed E-state index contributed by atoms with van der Waals surface area (Å²) in [6, 6.07) is 0. The summed E-state index contributed by atoms with van der Waals surface area (Å²) >= 11 is 0. The molecular formula is C38H74O3. The number of aliphatic hydroxyl groups is 1. The first-order valence-corrected chi connectivity index (χ1v) is 18.6. The molecule has 0 aliphatic rings. The number of hydrogen-bond acceptors (Lipinski definition) is 3. The molecule has 3 heteroatoms. The third-order valence-corrected chi connectivity index (χ3v) is 8.63. The van der Waals surface area contributed by atoms with Crippen LogP contribution >= 0.6 is 0 Å². The summed E-state index contributed by atoms with van der Waals surface area (Å²) in [5.74, 6) is 0.575. The molecule has 3 nitrogen and oxygen atoms in total. The molecule has 0 saturated carbocycles. The number of esters is 1. The van der Waals surface area contributed by atoms with Crippen LogP contribution in [-0.4, -0.2) is 23.8 Å². The van der Waals surface area contributed by atoms with Crippen molar-refractivity contribution < 1.29 is 14.6 Å². The van der Waals surface area contributed by atoms with Gasteiger partial charge in [0.2, 0.25) is 0 Å². The van der Waals surface area contributed by atoms with E-state index in [4.69, 9.17) is 4.74 Å². The number of ether oxygens (including phenoxy) is 1. The fourth-order valence-electron chi connectivity index (χ4n) is 5.73. The molecule has 0 aliphatic heterocycles. The van der Waals surface area contributed by atoms with Crippen molar-refractivity contribution in [3.8, 4) is 0 Å². The predicted octanol–water partition coefficient (Wildman–Crippen LogP) is 12.4. The van der Waals surface area contributed by atoms with Crippen molar-refractivity contribution in [2.24, 2.45) is 5.92 Å². The SMILES string of the molecule is CCCCCCCCCCC(CCCCCCCC)COC(=O)CCCCCCC/C=C/CC(O)CCCCCC. The number of allylic oxidation sites excluding steroid dienone is 1. The minimum absolute atomic E-state index is 0.0186. The van der Waals surface area contributed by atoms with Gasteiger partial charge >= 0.3 is 5.97 Å². The molecule has 0 aromatic heterocycles. The Hall–Kier alpha value is -0.830. The predicted molar refractivity (Wildman–Crippen MR) is 181 cm³/mol. The Bertz CT molecular complexity index is 544. The van der Waals surface area contributed by atoms with Crippen molar-refractivity contribution >= 4 is 5.97 Å². The monoisotopic (exact) mass is 579 g/mol. The van der Waals surface area contributed by atoms with Gasteiger partial charge < -0.3 is 9.84 Å². The van der Waals surface area contributed by atoms with E-state index in [0.29, 0.717) is 18.9 Å². The fourth-order valence-corrected chi connectivity index (χ4v) is 5.73. The van der Waals surface area contributed by atoms with Gasteiger partial charge in [0.25, 0.3) is 0 Å². The molecule has 0 amide bonds. The zero-order valence-electron chi connectivity index (χ0n) is 28.3. The Morgan fingerprint density at radius 2 is 1.00 bits per heavy atom. The van der Waals surface area contributed by atoms with Gasteiger partial charge in [-0.05, 0) is 50.9 Å². The van der Waals surface area contributed by atoms with E-state index in [2.05, 4.69) is 32.9 Å². The van der Waals surface area contributed by atoms with Gasteiger partial charge in [-0.2, -0.15) is 0 Å². The number of hydrogen-bond donors (Lipinski definition) is 1. The Balaban J connectivity index is 3.92. The van der Waals surface area contributed by atoms with Crippen LogP contribution in [0.1, 0.15) is 207 Å². The third kappa shape index (κ3) is 31.9. The maximum atomic E-state index is 12.4. The zero-order valence-corrected chi connectivity index (χ0v) is 28.3. The molecule has 0 aromatic rings. The average molecular weight is 579 g/mol. The van der Waals surface area contributed by atoms with E-state index in [9.17, 15) is 9.90 Å². The minimum atomic E-state index is -0.168. The lowest BCUT2D eigenvalue weighted by molar-refractivity contribution is -0.145. The lowest BCUT2D eigenvalue weighted by atomic mass is 9.94. The Kier molecular flexibility index (Phi) is 33.0. The first-order valence-electron chi connectivity index (χ1n) is 18.6. The second-order valence-corrected chi connectivity index (χ2v) is 12.9. The van der Waals surface area contributed by atoms with Crippen molar-refractivity contribution in [1.29, 1.82) is 0 Å². The first-order chi connectivity index (χ1) is 20.1. The van der Waals surface area contributed by atoms with Gasteiger partial charge in [0.1, 0.15) is 0 Å². The number of carbonyl (C=O) groups excluding carboxylic acids is 1. The second kappa shape index (κ2) is 33.7. The molecule has 0 bridgehead atoms. The van der Waals surface area contributed by atoms with E-state index >= 15 is 0 Å². The highest BCUT2D eigenvalue weighted by Crippen LogP contribution is 2.20. The number of unbranched alkanes of at least 4 members (excludes halogenated alkanes) is 20.